The minimum Gasteiger partial charge on any atom is -0.292 e. The van der Waals surface area contributed by atoms with Gasteiger partial charge in [0.25, 0.3) is 0 Å². The lowest BCUT2D eigenvalue weighted by atomic mass is 9.84. The summed E-state index contributed by atoms with van der Waals surface area (Å²) in [6.07, 6.45) is 6.50. The van der Waals surface area contributed by atoms with E-state index in [1.165, 1.54) is 42.5 Å². The number of tetrazole rings is 1. The highest BCUT2D eigenvalue weighted by atomic mass is 16.1. The van der Waals surface area contributed by atoms with Crippen molar-refractivity contribution >= 4 is 5.78 Å². The number of aromatic nitrogens is 4. The number of hydrogen-bond donors (Lipinski definition) is 0. The molecule has 3 aromatic rings. The van der Waals surface area contributed by atoms with Gasteiger partial charge >= 0.3 is 0 Å². The van der Waals surface area contributed by atoms with E-state index < -0.39 is 0 Å². The number of nitrogens with zero attached hydrogens (tertiary/aromatic N) is 4. The van der Waals surface area contributed by atoms with Crippen molar-refractivity contribution in [3.63, 3.8) is 0 Å². The molecule has 1 fully saturated rings. The molecule has 0 atom stereocenters. The van der Waals surface area contributed by atoms with Crippen LogP contribution in [0.3, 0.4) is 0 Å². The van der Waals surface area contributed by atoms with Gasteiger partial charge in [-0.05, 0) is 29.5 Å². The number of benzene rings is 2. The van der Waals surface area contributed by atoms with Crippen molar-refractivity contribution in [3.05, 3.63) is 65.7 Å². The van der Waals surface area contributed by atoms with Crippen molar-refractivity contribution in [2.45, 2.75) is 44.6 Å². The fourth-order valence-electron chi connectivity index (χ4n) is 3.61. The van der Waals surface area contributed by atoms with E-state index in [1.807, 2.05) is 42.5 Å². The predicted octanol–water partition coefficient (Wildman–Crippen LogP) is 4.27. The third-order valence-corrected chi connectivity index (χ3v) is 5.08. The largest absolute Gasteiger partial charge is 0.292 e. The van der Waals surface area contributed by atoms with Gasteiger partial charge in [0.15, 0.2) is 5.78 Å². The SMILES string of the molecule is O=C(Cn1nnc(-c2ccccc2)n1)c1ccc(C2CCCCC2)cc1. The number of carbonyl (C=O) groups is 1. The van der Waals surface area contributed by atoms with Crippen molar-refractivity contribution in [1.82, 2.24) is 20.2 Å². The van der Waals surface area contributed by atoms with E-state index in [9.17, 15) is 4.79 Å². The Labute approximate surface area is 153 Å². The van der Waals surface area contributed by atoms with Crippen LogP contribution in [0.15, 0.2) is 54.6 Å². The summed E-state index contributed by atoms with van der Waals surface area (Å²) in [5.74, 6) is 1.18. The molecule has 0 bridgehead atoms. The average Bonchev–Trinajstić information content (AvgIpc) is 3.18. The minimum absolute atomic E-state index is 0.00259. The molecule has 1 heterocycles. The number of rotatable bonds is 5. The van der Waals surface area contributed by atoms with Crippen LogP contribution in [0.25, 0.3) is 11.4 Å². The summed E-state index contributed by atoms with van der Waals surface area (Å²) in [7, 11) is 0. The molecule has 4 rings (SSSR count). The monoisotopic (exact) mass is 346 g/mol. The van der Waals surface area contributed by atoms with Crippen LogP contribution in [-0.4, -0.2) is 26.0 Å². The van der Waals surface area contributed by atoms with Gasteiger partial charge in [-0.2, -0.15) is 4.80 Å². The molecule has 0 N–H and O–H groups in total. The molecule has 5 nitrogen and oxygen atoms in total. The summed E-state index contributed by atoms with van der Waals surface area (Å²) in [6, 6.07) is 17.7. The fourth-order valence-corrected chi connectivity index (χ4v) is 3.61. The van der Waals surface area contributed by atoms with E-state index in [0.717, 1.165) is 5.56 Å². The molecule has 132 valence electrons. The summed E-state index contributed by atoms with van der Waals surface area (Å²) < 4.78 is 0. The topological polar surface area (TPSA) is 60.7 Å². The Bertz CT molecular complexity index is 865. The van der Waals surface area contributed by atoms with E-state index >= 15 is 0 Å². The molecular weight excluding hydrogens is 324 g/mol. The zero-order valence-corrected chi connectivity index (χ0v) is 14.7. The first kappa shape index (κ1) is 16.6. The van der Waals surface area contributed by atoms with Gasteiger partial charge in [0.05, 0.1) is 0 Å². The molecule has 5 heteroatoms. The minimum atomic E-state index is -0.00259. The normalized spacial score (nSPS) is 15.1. The van der Waals surface area contributed by atoms with Gasteiger partial charge in [-0.3, -0.25) is 4.79 Å². The average molecular weight is 346 g/mol. The first-order valence-electron chi connectivity index (χ1n) is 9.26. The van der Waals surface area contributed by atoms with Crippen molar-refractivity contribution < 1.29 is 4.79 Å². The predicted molar refractivity (Wildman–Crippen MR) is 99.9 cm³/mol. The van der Waals surface area contributed by atoms with E-state index in [4.69, 9.17) is 0 Å². The Balaban J connectivity index is 1.42. The van der Waals surface area contributed by atoms with Crippen molar-refractivity contribution in [2.75, 3.05) is 0 Å². The van der Waals surface area contributed by atoms with Crippen LogP contribution in [0.5, 0.6) is 0 Å². The van der Waals surface area contributed by atoms with Gasteiger partial charge in [0.1, 0.15) is 6.54 Å². The lowest BCUT2D eigenvalue weighted by molar-refractivity contribution is 0.0961. The van der Waals surface area contributed by atoms with E-state index in [1.54, 1.807) is 0 Å². The lowest BCUT2D eigenvalue weighted by Gasteiger charge is -2.22. The van der Waals surface area contributed by atoms with Crippen molar-refractivity contribution in [2.24, 2.45) is 0 Å². The molecule has 0 saturated heterocycles. The number of carbonyl (C=O) groups excluding carboxylic acids is 1. The second-order valence-corrected chi connectivity index (χ2v) is 6.89. The molecule has 0 unspecified atom stereocenters. The molecule has 1 aromatic heterocycles. The highest BCUT2D eigenvalue weighted by molar-refractivity contribution is 5.95. The maximum Gasteiger partial charge on any atom is 0.204 e. The molecular formula is C21H22N4O. The second kappa shape index (κ2) is 7.60. The summed E-state index contributed by atoms with van der Waals surface area (Å²) in [4.78, 5) is 13.9. The second-order valence-electron chi connectivity index (χ2n) is 6.89. The molecule has 0 aliphatic heterocycles. The maximum atomic E-state index is 12.5. The number of ketones is 1. The standard InChI is InChI=1S/C21H22N4O/c26-20(15-25-23-21(22-24-25)19-9-5-2-6-10-19)18-13-11-17(12-14-18)16-7-3-1-4-8-16/h2,5-6,9-14,16H,1,3-4,7-8,15H2. The smallest absolute Gasteiger partial charge is 0.204 e. The third-order valence-electron chi connectivity index (χ3n) is 5.08. The van der Waals surface area contributed by atoms with Gasteiger partial charge in [-0.1, -0.05) is 73.9 Å². The zero-order chi connectivity index (χ0) is 17.8. The van der Waals surface area contributed by atoms with Gasteiger partial charge in [-0.15, -0.1) is 10.2 Å². The molecule has 0 radical (unpaired) electrons. The summed E-state index contributed by atoms with van der Waals surface area (Å²) in [5.41, 5.74) is 2.94. The third kappa shape index (κ3) is 3.72. The molecule has 1 saturated carbocycles. The number of Topliss-reactive ketones (excluding diaryl/α,β-unsaturated/α-hetero) is 1. The first-order chi connectivity index (χ1) is 12.8. The quantitative estimate of drug-likeness (QED) is 0.647. The molecule has 2 aromatic carbocycles. The van der Waals surface area contributed by atoms with Gasteiger partial charge in [0, 0.05) is 11.1 Å². The highest BCUT2D eigenvalue weighted by Crippen LogP contribution is 2.32. The molecule has 1 aliphatic rings. The maximum absolute atomic E-state index is 12.5. The van der Waals surface area contributed by atoms with Gasteiger partial charge in [0.2, 0.25) is 5.82 Å². The molecule has 0 spiro atoms. The highest BCUT2D eigenvalue weighted by Gasteiger charge is 2.16. The van der Waals surface area contributed by atoms with Crippen LogP contribution in [0.1, 0.15) is 53.9 Å². The Morgan fingerprint density at radius 2 is 1.69 bits per heavy atom. The molecule has 0 amide bonds. The van der Waals surface area contributed by atoms with Crippen LogP contribution in [0.2, 0.25) is 0 Å². The van der Waals surface area contributed by atoms with Crippen LogP contribution >= 0.6 is 0 Å². The fraction of sp³-hybridized carbons (Fsp3) is 0.333. The van der Waals surface area contributed by atoms with Crippen LogP contribution in [0.4, 0.5) is 0 Å². The van der Waals surface area contributed by atoms with E-state index in [-0.39, 0.29) is 12.3 Å². The number of hydrogen-bond acceptors (Lipinski definition) is 4. The Morgan fingerprint density at radius 1 is 0.962 bits per heavy atom. The van der Waals surface area contributed by atoms with Crippen molar-refractivity contribution in [3.8, 4) is 11.4 Å². The van der Waals surface area contributed by atoms with Crippen LogP contribution < -0.4 is 0 Å². The Hall–Kier alpha value is -2.82. The van der Waals surface area contributed by atoms with Crippen LogP contribution in [0, 0.1) is 0 Å². The van der Waals surface area contributed by atoms with Crippen molar-refractivity contribution in [1.29, 1.82) is 0 Å². The Morgan fingerprint density at radius 3 is 2.42 bits per heavy atom. The van der Waals surface area contributed by atoms with Crippen LogP contribution in [-0.2, 0) is 6.54 Å². The lowest BCUT2D eigenvalue weighted by Crippen LogP contribution is -2.13. The van der Waals surface area contributed by atoms with Gasteiger partial charge in [-0.25, -0.2) is 0 Å². The molecule has 1 aliphatic carbocycles. The Kier molecular flexibility index (Phi) is 4.86. The van der Waals surface area contributed by atoms with E-state index in [2.05, 4.69) is 27.5 Å². The van der Waals surface area contributed by atoms with E-state index in [0.29, 0.717) is 17.3 Å². The summed E-state index contributed by atoms with van der Waals surface area (Å²) >= 11 is 0. The summed E-state index contributed by atoms with van der Waals surface area (Å²) in [6.45, 7) is 0.0998. The molecule has 26 heavy (non-hydrogen) atoms. The first-order valence-corrected chi connectivity index (χ1v) is 9.26. The zero-order valence-electron chi connectivity index (χ0n) is 14.7. The van der Waals surface area contributed by atoms with Gasteiger partial charge < -0.3 is 0 Å². The summed E-state index contributed by atoms with van der Waals surface area (Å²) in [5, 5.41) is 12.4.